The maximum absolute atomic E-state index is 12.2. The highest BCUT2D eigenvalue weighted by molar-refractivity contribution is 7.80. The van der Waals surface area contributed by atoms with Gasteiger partial charge in [0.25, 0.3) is 0 Å². The van der Waals surface area contributed by atoms with E-state index in [-0.39, 0.29) is 5.91 Å². The van der Waals surface area contributed by atoms with Gasteiger partial charge in [0.05, 0.1) is 20.3 Å². The summed E-state index contributed by atoms with van der Waals surface area (Å²) in [4.78, 5) is 13.4. The Hall–Kier alpha value is -2.68. The summed E-state index contributed by atoms with van der Waals surface area (Å²) in [7, 11) is 4.95. The summed E-state index contributed by atoms with van der Waals surface area (Å²) < 4.78 is 18.3. The molecule has 0 aliphatic rings. The minimum Gasteiger partial charge on any atom is -0.494 e. The van der Waals surface area contributed by atoms with Crippen molar-refractivity contribution >= 4 is 38.8 Å². The van der Waals surface area contributed by atoms with Gasteiger partial charge >= 0.3 is 0 Å². The lowest BCUT2D eigenvalue weighted by molar-refractivity contribution is -0.121. The average Bonchev–Trinajstić information content (AvgIpc) is 3.38. The molecule has 39 heavy (non-hydrogen) atoms. The van der Waals surface area contributed by atoms with Gasteiger partial charge in [0, 0.05) is 17.8 Å². The van der Waals surface area contributed by atoms with E-state index >= 15 is 0 Å². The highest BCUT2D eigenvalue weighted by atomic mass is 32.9. The maximum atomic E-state index is 12.2. The van der Waals surface area contributed by atoms with E-state index in [1.165, 1.54) is 4.88 Å². The second-order valence-electron chi connectivity index (χ2n) is 9.60. The highest BCUT2D eigenvalue weighted by Crippen LogP contribution is 2.31. The molecule has 8 heteroatoms. The van der Waals surface area contributed by atoms with Crippen molar-refractivity contribution in [2.24, 2.45) is 5.92 Å². The van der Waals surface area contributed by atoms with Crippen LogP contribution in [0.25, 0.3) is 10.4 Å². The molecule has 1 N–H and O–H groups in total. The third-order valence-electron chi connectivity index (χ3n) is 5.93. The van der Waals surface area contributed by atoms with Gasteiger partial charge in [-0.05, 0) is 91.6 Å². The van der Waals surface area contributed by atoms with E-state index in [4.69, 9.17) is 26.4 Å². The lowest BCUT2D eigenvalue weighted by Gasteiger charge is -2.13. The van der Waals surface area contributed by atoms with Gasteiger partial charge in [-0.2, -0.15) is 0 Å². The molecule has 2 aromatic carbocycles. The average molecular weight is 586 g/mol. The van der Waals surface area contributed by atoms with Gasteiger partial charge in [0.1, 0.15) is 9.57 Å². The van der Waals surface area contributed by atoms with E-state index in [9.17, 15) is 4.79 Å². The number of carbonyl (C=O) groups is 1. The standard InChI is InChI=1S/C31H39NO4S3/c1-23(2)10-6-4-5-7-11-30(33)32-22-24-12-17-27(28(20-24)34-3)36-19-9-8-18-35-26-15-13-25(14-16-26)29-21-31(37)39-38-29/h6,10,12-17,20-21,23H,4-5,7-9,11,18-19,22H2,1-3H3,(H,32,33)/b10-6+. The predicted molar refractivity (Wildman–Crippen MR) is 166 cm³/mol. The summed E-state index contributed by atoms with van der Waals surface area (Å²) in [6, 6.07) is 16.0. The van der Waals surface area contributed by atoms with Crippen LogP contribution in [0.2, 0.25) is 0 Å². The number of methoxy groups -OCH3 is 1. The van der Waals surface area contributed by atoms with Crippen LogP contribution in [0.3, 0.4) is 0 Å². The van der Waals surface area contributed by atoms with Crippen LogP contribution in [-0.4, -0.2) is 26.2 Å². The molecule has 0 aliphatic heterocycles. The Morgan fingerprint density at radius 1 is 0.949 bits per heavy atom. The molecule has 0 atom stereocenters. The van der Waals surface area contributed by atoms with Crippen molar-refractivity contribution in [1.29, 1.82) is 0 Å². The van der Waals surface area contributed by atoms with Crippen LogP contribution in [0.15, 0.2) is 60.7 Å². The van der Waals surface area contributed by atoms with Gasteiger partial charge in [0.2, 0.25) is 5.91 Å². The topological polar surface area (TPSA) is 56.8 Å². The number of carbonyl (C=O) groups excluding carboxylic acids is 1. The molecular formula is C31H39NO4S3. The number of allylic oxidation sites excluding steroid dienone is 2. The molecule has 1 aromatic heterocycles. The molecule has 3 rings (SSSR count). The number of amides is 1. The van der Waals surface area contributed by atoms with Crippen LogP contribution in [0, 0.1) is 9.74 Å². The van der Waals surface area contributed by atoms with E-state index < -0.39 is 0 Å². The normalized spacial score (nSPS) is 11.2. The van der Waals surface area contributed by atoms with Gasteiger partial charge in [-0.25, -0.2) is 0 Å². The Morgan fingerprint density at radius 2 is 1.72 bits per heavy atom. The zero-order valence-electron chi connectivity index (χ0n) is 23.1. The molecular weight excluding hydrogens is 547 g/mol. The molecule has 210 valence electrons. The van der Waals surface area contributed by atoms with Crippen LogP contribution in [0.4, 0.5) is 0 Å². The monoisotopic (exact) mass is 585 g/mol. The van der Waals surface area contributed by atoms with Crippen molar-refractivity contribution < 1.29 is 19.0 Å². The first-order valence-electron chi connectivity index (χ1n) is 13.5. The maximum Gasteiger partial charge on any atom is 0.220 e. The van der Waals surface area contributed by atoms with Crippen molar-refractivity contribution in [3.05, 3.63) is 70.1 Å². The lowest BCUT2D eigenvalue weighted by Crippen LogP contribution is -2.22. The Kier molecular flexibility index (Phi) is 13.5. The number of benzene rings is 2. The number of hydrogen-bond acceptors (Lipinski definition) is 7. The summed E-state index contributed by atoms with van der Waals surface area (Å²) in [5, 5.41) is 3.00. The first kappa shape index (κ1) is 30.9. The number of unbranched alkanes of at least 4 members (excludes halogenated alkanes) is 3. The molecule has 0 unspecified atom stereocenters. The Morgan fingerprint density at radius 3 is 2.41 bits per heavy atom. The van der Waals surface area contributed by atoms with Crippen LogP contribution >= 0.6 is 32.9 Å². The second kappa shape index (κ2) is 17.1. The fraction of sp³-hybridized carbons (Fsp3) is 0.419. The van der Waals surface area contributed by atoms with Gasteiger partial charge < -0.3 is 19.5 Å². The third kappa shape index (κ3) is 11.5. The molecule has 0 saturated heterocycles. The van der Waals surface area contributed by atoms with Crippen LogP contribution < -0.4 is 19.5 Å². The fourth-order valence-corrected chi connectivity index (χ4v) is 6.21. The quantitative estimate of drug-likeness (QED) is 0.0742. The van der Waals surface area contributed by atoms with Crippen molar-refractivity contribution in [2.75, 3.05) is 20.3 Å². The Bertz CT molecular complexity index is 1230. The Balaban J connectivity index is 1.31. The van der Waals surface area contributed by atoms with Crippen molar-refractivity contribution in [3.8, 4) is 27.7 Å². The lowest BCUT2D eigenvalue weighted by atomic mass is 10.1. The van der Waals surface area contributed by atoms with Crippen molar-refractivity contribution in [2.45, 2.75) is 58.9 Å². The van der Waals surface area contributed by atoms with Gasteiger partial charge in [-0.15, -0.1) is 0 Å². The van der Waals surface area contributed by atoms with E-state index in [0.29, 0.717) is 43.6 Å². The molecule has 0 bridgehead atoms. The fourth-order valence-electron chi connectivity index (χ4n) is 3.81. The van der Waals surface area contributed by atoms with E-state index in [1.807, 2.05) is 36.4 Å². The molecule has 0 radical (unpaired) electrons. The zero-order valence-corrected chi connectivity index (χ0v) is 25.5. The summed E-state index contributed by atoms with van der Waals surface area (Å²) in [5.41, 5.74) is 2.15. The summed E-state index contributed by atoms with van der Waals surface area (Å²) in [5.74, 6) is 2.89. The van der Waals surface area contributed by atoms with Crippen molar-refractivity contribution in [3.63, 3.8) is 0 Å². The molecule has 0 spiro atoms. The molecule has 5 nitrogen and oxygen atoms in total. The summed E-state index contributed by atoms with van der Waals surface area (Å²) >= 11 is 5.22. The molecule has 3 aromatic rings. The van der Waals surface area contributed by atoms with E-state index in [0.717, 1.165) is 52.8 Å². The third-order valence-corrected chi connectivity index (χ3v) is 8.84. The number of hydrogen-bond donors (Lipinski definition) is 1. The zero-order chi connectivity index (χ0) is 27.9. The predicted octanol–water partition coefficient (Wildman–Crippen LogP) is 8.84. The van der Waals surface area contributed by atoms with E-state index in [1.54, 1.807) is 27.8 Å². The molecule has 0 saturated carbocycles. The van der Waals surface area contributed by atoms with Crippen LogP contribution in [0.5, 0.6) is 17.2 Å². The van der Waals surface area contributed by atoms with Crippen LogP contribution in [0.1, 0.15) is 57.9 Å². The molecule has 0 aliphatic carbocycles. The second-order valence-corrected chi connectivity index (χ2v) is 12.5. The molecule has 1 amide bonds. The number of ether oxygens (including phenoxy) is 3. The first-order valence-corrected chi connectivity index (χ1v) is 16.1. The minimum absolute atomic E-state index is 0.0780. The van der Waals surface area contributed by atoms with Crippen LogP contribution in [-0.2, 0) is 11.3 Å². The smallest absolute Gasteiger partial charge is 0.220 e. The van der Waals surface area contributed by atoms with Gasteiger partial charge in [-0.3, -0.25) is 4.79 Å². The largest absolute Gasteiger partial charge is 0.494 e. The van der Waals surface area contributed by atoms with Gasteiger partial charge in [0.15, 0.2) is 11.5 Å². The summed E-state index contributed by atoms with van der Waals surface area (Å²) in [6.45, 7) is 6.01. The minimum atomic E-state index is 0.0780. The van der Waals surface area contributed by atoms with Gasteiger partial charge in [-0.1, -0.05) is 65.0 Å². The van der Waals surface area contributed by atoms with Crippen molar-refractivity contribution in [1.82, 2.24) is 5.32 Å². The Labute approximate surface area is 245 Å². The first-order chi connectivity index (χ1) is 18.9. The molecule has 1 heterocycles. The van der Waals surface area contributed by atoms with E-state index in [2.05, 4.69) is 43.4 Å². The molecule has 0 fully saturated rings. The summed E-state index contributed by atoms with van der Waals surface area (Å²) in [6.07, 6.45) is 9.67. The highest BCUT2D eigenvalue weighted by Gasteiger charge is 2.08. The SMILES string of the molecule is COc1cc(CNC(=O)CCCC/C=C/C(C)C)ccc1OCCCCOc1ccc(-c2cc(=S)ss2)cc1. The number of rotatable bonds is 17. The number of nitrogens with one attached hydrogen (secondary N) is 1.